The minimum Gasteiger partial charge on any atom is -0.493 e. The highest BCUT2D eigenvalue weighted by Gasteiger charge is 2.20. The van der Waals surface area contributed by atoms with Crippen molar-refractivity contribution in [2.45, 2.75) is 13.8 Å². The van der Waals surface area contributed by atoms with Gasteiger partial charge in [0.2, 0.25) is 5.75 Å². The van der Waals surface area contributed by atoms with E-state index in [2.05, 4.69) is 35.9 Å². The summed E-state index contributed by atoms with van der Waals surface area (Å²) in [5.74, 6) is 0.915. The summed E-state index contributed by atoms with van der Waals surface area (Å²) in [6.45, 7) is 4.12. The Kier molecular flexibility index (Phi) is 5.59. The highest BCUT2D eigenvalue weighted by molar-refractivity contribution is 6.07. The zero-order valence-corrected chi connectivity index (χ0v) is 16.7. The molecule has 0 aliphatic rings. The third-order valence-electron chi connectivity index (χ3n) is 4.60. The van der Waals surface area contributed by atoms with Crippen LogP contribution in [0.1, 0.15) is 21.7 Å². The smallest absolute Gasteiger partial charge is 0.259 e. The molecule has 0 bridgehead atoms. The lowest BCUT2D eigenvalue weighted by atomic mass is 10.1. The van der Waals surface area contributed by atoms with Crippen molar-refractivity contribution < 1.29 is 19.0 Å². The third kappa shape index (κ3) is 3.53. The summed E-state index contributed by atoms with van der Waals surface area (Å²) in [5.41, 5.74) is 4.41. The molecule has 0 saturated carbocycles. The summed E-state index contributed by atoms with van der Waals surface area (Å²) in [6.07, 6.45) is 0. The van der Waals surface area contributed by atoms with Crippen molar-refractivity contribution in [3.05, 3.63) is 65.5 Å². The van der Waals surface area contributed by atoms with Crippen LogP contribution in [0.3, 0.4) is 0 Å². The number of hydrogen-bond acceptors (Lipinski definition) is 4. The second-order valence-electron chi connectivity index (χ2n) is 6.33. The van der Waals surface area contributed by atoms with Crippen LogP contribution < -0.4 is 19.5 Å². The number of rotatable bonds is 6. The molecule has 3 rings (SSSR count). The lowest BCUT2D eigenvalue weighted by Gasteiger charge is -2.16. The van der Waals surface area contributed by atoms with E-state index in [1.165, 1.54) is 21.3 Å². The summed E-state index contributed by atoms with van der Waals surface area (Å²) in [5, 5.41) is 2.90. The maximum Gasteiger partial charge on any atom is 0.259 e. The van der Waals surface area contributed by atoms with Crippen molar-refractivity contribution in [1.82, 2.24) is 4.57 Å². The molecule has 0 unspecified atom stereocenters. The van der Waals surface area contributed by atoms with Gasteiger partial charge >= 0.3 is 0 Å². The number of ether oxygens (including phenoxy) is 3. The molecular formula is C22H24N2O4. The van der Waals surface area contributed by atoms with E-state index < -0.39 is 0 Å². The van der Waals surface area contributed by atoms with Gasteiger partial charge in [-0.3, -0.25) is 4.79 Å². The Morgan fingerprint density at radius 2 is 1.39 bits per heavy atom. The summed E-state index contributed by atoms with van der Waals surface area (Å²) in [4.78, 5) is 12.8. The monoisotopic (exact) mass is 380 g/mol. The first-order valence-electron chi connectivity index (χ1n) is 8.85. The van der Waals surface area contributed by atoms with Gasteiger partial charge in [-0.2, -0.15) is 0 Å². The van der Waals surface area contributed by atoms with E-state index in [1.54, 1.807) is 12.1 Å². The molecule has 1 aromatic heterocycles. The number of nitrogens with zero attached hydrogens (tertiary/aromatic N) is 1. The Morgan fingerprint density at radius 1 is 0.786 bits per heavy atom. The molecule has 6 nitrogen and oxygen atoms in total. The Labute approximate surface area is 164 Å². The van der Waals surface area contributed by atoms with Gasteiger partial charge in [0.15, 0.2) is 11.5 Å². The fourth-order valence-corrected chi connectivity index (χ4v) is 3.25. The zero-order valence-electron chi connectivity index (χ0n) is 16.7. The van der Waals surface area contributed by atoms with Gasteiger partial charge in [-0.25, -0.2) is 0 Å². The number of amides is 1. The van der Waals surface area contributed by atoms with Gasteiger partial charge < -0.3 is 24.1 Å². The van der Waals surface area contributed by atoms with Crippen molar-refractivity contribution in [2.24, 2.45) is 0 Å². The molecule has 0 saturated heterocycles. The van der Waals surface area contributed by atoms with E-state index >= 15 is 0 Å². The molecule has 28 heavy (non-hydrogen) atoms. The summed E-state index contributed by atoms with van der Waals surface area (Å²) < 4.78 is 18.2. The van der Waals surface area contributed by atoms with Crippen molar-refractivity contribution in [2.75, 3.05) is 26.6 Å². The zero-order chi connectivity index (χ0) is 20.3. The van der Waals surface area contributed by atoms with E-state index in [-0.39, 0.29) is 5.91 Å². The number of methoxy groups -OCH3 is 3. The maximum atomic E-state index is 12.8. The van der Waals surface area contributed by atoms with Crippen LogP contribution in [0.4, 0.5) is 5.69 Å². The topological polar surface area (TPSA) is 61.7 Å². The lowest BCUT2D eigenvalue weighted by molar-refractivity contribution is 0.102. The first kappa shape index (κ1) is 19.4. The molecule has 146 valence electrons. The molecule has 0 spiro atoms. The number of anilines is 1. The number of carbonyl (C=O) groups is 1. The van der Waals surface area contributed by atoms with E-state index in [1.807, 2.05) is 24.3 Å². The second kappa shape index (κ2) is 8.08. The Balaban J connectivity index is 1.86. The summed E-state index contributed by atoms with van der Waals surface area (Å²) in [6, 6.07) is 15.2. The SMILES string of the molecule is COc1ccc(C(=O)Nc2ccc(-n3c(C)ccc3C)cc2)c(OC)c1OC. The Hall–Kier alpha value is -3.41. The Bertz CT molecular complexity index is 971. The van der Waals surface area contributed by atoms with Gasteiger partial charge in [-0.15, -0.1) is 0 Å². The normalized spacial score (nSPS) is 10.5. The van der Waals surface area contributed by atoms with Gasteiger partial charge in [0, 0.05) is 22.8 Å². The third-order valence-corrected chi connectivity index (χ3v) is 4.60. The first-order valence-corrected chi connectivity index (χ1v) is 8.85. The average Bonchev–Trinajstić information content (AvgIpc) is 3.05. The minimum absolute atomic E-state index is 0.293. The number of aryl methyl sites for hydroxylation is 2. The average molecular weight is 380 g/mol. The minimum atomic E-state index is -0.293. The van der Waals surface area contributed by atoms with Crippen LogP contribution in [0.2, 0.25) is 0 Å². The van der Waals surface area contributed by atoms with Gasteiger partial charge in [0.05, 0.1) is 26.9 Å². The van der Waals surface area contributed by atoms with Gasteiger partial charge in [0.25, 0.3) is 5.91 Å². The van der Waals surface area contributed by atoms with Crippen molar-refractivity contribution in [1.29, 1.82) is 0 Å². The number of benzene rings is 2. The van der Waals surface area contributed by atoms with E-state index in [0.29, 0.717) is 28.5 Å². The number of carbonyl (C=O) groups excluding carboxylic acids is 1. The fraction of sp³-hybridized carbons (Fsp3) is 0.227. The standard InChI is InChI=1S/C22H24N2O4/c1-14-6-7-15(2)24(14)17-10-8-16(9-11-17)23-22(25)18-12-13-19(26-3)21(28-5)20(18)27-4/h6-13H,1-5H3,(H,23,25). The lowest BCUT2D eigenvalue weighted by Crippen LogP contribution is -2.14. The van der Waals surface area contributed by atoms with Crippen molar-refractivity contribution in [3.8, 4) is 22.9 Å². The van der Waals surface area contributed by atoms with Gasteiger partial charge in [-0.1, -0.05) is 0 Å². The molecule has 1 heterocycles. The predicted octanol–water partition coefficient (Wildman–Crippen LogP) is 4.37. The van der Waals surface area contributed by atoms with Crippen LogP contribution in [0.5, 0.6) is 17.2 Å². The number of aromatic nitrogens is 1. The van der Waals surface area contributed by atoms with Crippen molar-refractivity contribution >= 4 is 11.6 Å². The maximum absolute atomic E-state index is 12.8. The molecule has 1 amide bonds. The largest absolute Gasteiger partial charge is 0.493 e. The molecule has 0 fully saturated rings. The molecule has 6 heteroatoms. The van der Waals surface area contributed by atoms with Gasteiger partial charge in [0.1, 0.15) is 0 Å². The van der Waals surface area contributed by atoms with E-state index in [9.17, 15) is 4.79 Å². The van der Waals surface area contributed by atoms with Crippen LogP contribution >= 0.6 is 0 Å². The molecule has 1 N–H and O–H groups in total. The van der Waals surface area contributed by atoms with Gasteiger partial charge in [-0.05, 0) is 62.4 Å². The fourth-order valence-electron chi connectivity index (χ4n) is 3.25. The quantitative estimate of drug-likeness (QED) is 0.690. The molecule has 0 aliphatic carbocycles. The highest BCUT2D eigenvalue weighted by atomic mass is 16.5. The highest BCUT2D eigenvalue weighted by Crippen LogP contribution is 2.39. The van der Waals surface area contributed by atoms with E-state index in [0.717, 1.165) is 17.1 Å². The molecule has 0 atom stereocenters. The summed E-state index contributed by atoms with van der Waals surface area (Å²) in [7, 11) is 4.53. The molecular weight excluding hydrogens is 356 g/mol. The number of nitrogens with one attached hydrogen (secondary N) is 1. The first-order chi connectivity index (χ1) is 13.5. The summed E-state index contributed by atoms with van der Waals surface area (Å²) >= 11 is 0. The molecule has 0 radical (unpaired) electrons. The van der Waals surface area contributed by atoms with Crippen LogP contribution in [-0.4, -0.2) is 31.8 Å². The Morgan fingerprint density at radius 3 is 1.93 bits per heavy atom. The second-order valence-corrected chi connectivity index (χ2v) is 6.33. The van der Waals surface area contributed by atoms with Crippen molar-refractivity contribution in [3.63, 3.8) is 0 Å². The molecule has 2 aromatic carbocycles. The van der Waals surface area contributed by atoms with Crippen LogP contribution in [-0.2, 0) is 0 Å². The molecule has 3 aromatic rings. The van der Waals surface area contributed by atoms with Crippen LogP contribution in [0.15, 0.2) is 48.5 Å². The van der Waals surface area contributed by atoms with Crippen LogP contribution in [0, 0.1) is 13.8 Å². The molecule has 0 aliphatic heterocycles. The van der Waals surface area contributed by atoms with Crippen LogP contribution in [0.25, 0.3) is 5.69 Å². The predicted molar refractivity (Wildman–Crippen MR) is 109 cm³/mol. The van der Waals surface area contributed by atoms with E-state index in [4.69, 9.17) is 14.2 Å². The number of hydrogen-bond donors (Lipinski definition) is 1.